The van der Waals surface area contributed by atoms with E-state index in [-0.39, 0.29) is 0 Å². The highest BCUT2D eigenvalue weighted by Gasteiger charge is 2.18. The standard InChI is InChI=1S/2C6H14NO.C4H4O4/c2*1-7(2)3-5-8-6-4-7;5-3(6)1-2-4(7)8/h2*3-6H2,1-2H3;1-2H,(H,5,6)(H,7,8)/q2*+1;/p-2/b;;2-1-. The lowest BCUT2D eigenvalue weighted by Gasteiger charge is -2.33. The molecule has 8 nitrogen and oxygen atoms in total. The van der Waals surface area contributed by atoms with Gasteiger partial charge in [0.1, 0.15) is 26.2 Å². The maximum absolute atomic E-state index is 9.41. The van der Waals surface area contributed by atoms with E-state index in [1.54, 1.807) is 0 Å². The number of likely N-dealkylation sites (N-methyl/N-ethyl adjacent to an activating group) is 2. The van der Waals surface area contributed by atoms with E-state index in [9.17, 15) is 19.8 Å². The first-order chi connectivity index (χ1) is 11.0. The van der Waals surface area contributed by atoms with Gasteiger partial charge in [0.25, 0.3) is 0 Å². The minimum Gasteiger partial charge on any atom is -0.545 e. The first-order valence-electron chi connectivity index (χ1n) is 7.94. The number of nitrogens with zero attached hydrogens (tertiary/aromatic N) is 2. The summed E-state index contributed by atoms with van der Waals surface area (Å²) < 4.78 is 12.6. The lowest BCUT2D eigenvalue weighted by molar-refractivity contribution is -0.898. The van der Waals surface area contributed by atoms with Crippen LogP contribution in [-0.4, -0.2) is 102 Å². The highest BCUT2D eigenvalue weighted by atomic mass is 16.5. The van der Waals surface area contributed by atoms with Gasteiger partial charge in [-0.05, 0) is 12.2 Å². The van der Waals surface area contributed by atoms with Crippen molar-refractivity contribution in [3.05, 3.63) is 12.2 Å². The molecule has 140 valence electrons. The summed E-state index contributed by atoms with van der Waals surface area (Å²) in [5.74, 6) is -3.09. The molecular formula is C16H30N2O6. The average Bonchev–Trinajstić information content (AvgIpc) is 2.46. The van der Waals surface area contributed by atoms with Crippen molar-refractivity contribution in [1.29, 1.82) is 0 Å². The summed E-state index contributed by atoms with van der Waals surface area (Å²) in [4.78, 5) is 18.8. The SMILES string of the molecule is C[N+]1(C)CCOCC1.C[N+]1(C)CCOCC1.O=C([O-])/C=C\C(=O)[O-]. The predicted molar refractivity (Wildman–Crippen MR) is 84.5 cm³/mol. The van der Waals surface area contributed by atoms with Gasteiger partial charge in [-0.15, -0.1) is 0 Å². The van der Waals surface area contributed by atoms with E-state index in [1.807, 2.05) is 0 Å². The second-order valence-electron chi connectivity index (χ2n) is 6.96. The van der Waals surface area contributed by atoms with Crippen LogP contribution < -0.4 is 10.2 Å². The van der Waals surface area contributed by atoms with Gasteiger partial charge in [0.05, 0.1) is 66.6 Å². The molecule has 0 atom stereocenters. The van der Waals surface area contributed by atoms with Gasteiger partial charge in [-0.2, -0.15) is 0 Å². The van der Waals surface area contributed by atoms with Crippen molar-refractivity contribution in [1.82, 2.24) is 0 Å². The van der Waals surface area contributed by atoms with Crippen molar-refractivity contribution in [2.24, 2.45) is 0 Å². The molecule has 0 aromatic heterocycles. The minimum absolute atomic E-state index is 0.384. The maximum atomic E-state index is 9.41. The van der Waals surface area contributed by atoms with Gasteiger partial charge in [-0.1, -0.05) is 0 Å². The molecule has 2 saturated heterocycles. The highest BCUT2D eigenvalue weighted by molar-refractivity contribution is 5.87. The lowest BCUT2D eigenvalue weighted by Crippen LogP contribution is -2.48. The number of hydrogen-bond donors (Lipinski definition) is 0. The topological polar surface area (TPSA) is 98.7 Å². The molecule has 2 rings (SSSR count). The molecule has 0 N–H and O–H groups in total. The molecule has 2 heterocycles. The zero-order valence-corrected chi connectivity index (χ0v) is 15.2. The van der Waals surface area contributed by atoms with E-state index < -0.39 is 11.9 Å². The van der Waals surface area contributed by atoms with Crippen LogP contribution in [0, 0.1) is 0 Å². The first kappa shape index (κ1) is 22.5. The summed E-state index contributed by atoms with van der Waals surface area (Å²) in [6.45, 7) is 8.42. The van der Waals surface area contributed by atoms with Gasteiger partial charge in [-0.25, -0.2) is 0 Å². The molecule has 0 unspecified atom stereocenters. The Morgan fingerprint density at radius 2 is 0.958 bits per heavy atom. The van der Waals surface area contributed by atoms with Gasteiger partial charge in [0.15, 0.2) is 0 Å². The molecule has 0 aromatic rings. The van der Waals surface area contributed by atoms with Crippen LogP contribution in [0.3, 0.4) is 0 Å². The van der Waals surface area contributed by atoms with Crippen molar-refractivity contribution in [3.63, 3.8) is 0 Å². The van der Waals surface area contributed by atoms with E-state index in [0.717, 1.165) is 35.4 Å². The van der Waals surface area contributed by atoms with E-state index >= 15 is 0 Å². The fourth-order valence-electron chi connectivity index (χ4n) is 1.81. The first-order valence-corrected chi connectivity index (χ1v) is 7.94. The van der Waals surface area contributed by atoms with Crippen LogP contribution in [0.1, 0.15) is 0 Å². The van der Waals surface area contributed by atoms with Crippen LogP contribution >= 0.6 is 0 Å². The van der Waals surface area contributed by atoms with Crippen LogP contribution in [0.5, 0.6) is 0 Å². The van der Waals surface area contributed by atoms with Gasteiger partial charge >= 0.3 is 0 Å². The number of carbonyl (C=O) groups excluding carboxylic acids is 2. The summed E-state index contributed by atoms with van der Waals surface area (Å²) in [5, 5.41) is 18.8. The van der Waals surface area contributed by atoms with Crippen LogP contribution in [0.25, 0.3) is 0 Å². The molecule has 0 saturated carbocycles. The number of aliphatic carboxylic acids is 2. The number of hydrogen-bond acceptors (Lipinski definition) is 6. The number of rotatable bonds is 2. The van der Waals surface area contributed by atoms with Crippen molar-refractivity contribution < 1.29 is 38.2 Å². The molecule has 0 radical (unpaired) electrons. The fraction of sp³-hybridized carbons (Fsp3) is 0.750. The summed E-state index contributed by atoms with van der Waals surface area (Å²) in [6, 6.07) is 0. The minimum atomic E-state index is -1.55. The third-order valence-electron chi connectivity index (χ3n) is 3.72. The molecule has 2 aliphatic rings. The van der Waals surface area contributed by atoms with Crippen molar-refractivity contribution in [3.8, 4) is 0 Å². The van der Waals surface area contributed by atoms with Gasteiger partial charge < -0.3 is 38.2 Å². The second-order valence-corrected chi connectivity index (χ2v) is 6.96. The largest absolute Gasteiger partial charge is 0.545 e. The molecule has 0 aliphatic carbocycles. The molecule has 2 fully saturated rings. The molecule has 0 spiro atoms. The number of quaternary nitrogens is 2. The monoisotopic (exact) mass is 346 g/mol. The van der Waals surface area contributed by atoms with Crippen LogP contribution in [0.2, 0.25) is 0 Å². The van der Waals surface area contributed by atoms with Gasteiger partial charge in [0.2, 0.25) is 0 Å². The van der Waals surface area contributed by atoms with Crippen molar-refractivity contribution >= 4 is 11.9 Å². The lowest BCUT2D eigenvalue weighted by atomic mass is 10.4. The number of carboxylic acid groups (broad SMARTS) is 2. The van der Waals surface area contributed by atoms with Gasteiger partial charge in [-0.3, -0.25) is 0 Å². The van der Waals surface area contributed by atoms with Crippen LogP contribution in [0.15, 0.2) is 12.2 Å². The summed E-state index contributed by atoms with van der Waals surface area (Å²) in [7, 11) is 8.95. The van der Waals surface area contributed by atoms with Crippen molar-refractivity contribution in [2.75, 3.05) is 80.8 Å². The summed E-state index contributed by atoms with van der Waals surface area (Å²) in [6.07, 6.45) is 0.769. The summed E-state index contributed by atoms with van der Waals surface area (Å²) >= 11 is 0. The van der Waals surface area contributed by atoms with Crippen molar-refractivity contribution in [2.45, 2.75) is 0 Å². The number of carboxylic acids is 2. The van der Waals surface area contributed by atoms with Crippen LogP contribution in [-0.2, 0) is 19.1 Å². The third-order valence-corrected chi connectivity index (χ3v) is 3.72. The number of ether oxygens (including phenoxy) is 2. The fourth-order valence-corrected chi connectivity index (χ4v) is 1.81. The van der Waals surface area contributed by atoms with Crippen LogP contribution in [0.4, 0.5) is 0 Å². The second kappa shape index (κ2) is 11.1. The van der Waals surface area contributed by atoms with E-state index in [0.29, 0.717) is 12.2 Å². The molecule has 8 heteroatoms. The number of morpholine rings is 2. The smallest absolute Gasteiger partial charge is 0.102 e. The molecular weight excluding hydrogens is 316 g/mol. The maximum Gasteiger partial charge on any atom is 0.102 e. The Bertz CT molecular complexity index is 367. The Balaban J connectivity index is 0.000000331. The quantitative estimate of drug-likeness (QED) is 0.396. The Kier molecular flexibility index (Phi) is 10.5. The third kappa shape index (κ3) is 14.1. The van der Waals surface area contributed by atoms with E-state index in [1.165, 1.54) is 26.2 Å². The molecule has 0 aromatic carbocycles. The molecule has 24 heavy (non-hydrogen) atoms. The molecule has 0 bridgehead atoms. The normalized spacial score (nSPS) is 21.7. The van der Waals surface area contributed by atoms with E-state index in [2.05, 4.69) is 28.2 Å². The number of carbonyl (C=O) groups is 2. The Morgan fingerprint density at radius 3 is 1.08 bits per heavy atom. The van der Waals surface area contributed by atoms with Gasteiger partial charge in [0, 0.05) is 0 Å². The predicted octanol–water partition coefficient (Wildman–Crippen LogP) is -2.77. The summed E-state index contributed by atoms with van der Waals surface area (Å²) in [5.41, 5.74) is 0. The Morgan fingerprint density at radius 1 is 0.708 bits per heavy atom. The molecule has 2 aliphatic heterocycles. The molecule has 0 amide bonds. The Hall–Kier alpha value is -1.48. The zero-order chi connectivity index (χ0) is 18.6. The Labute approximate surface area is 144 Å². The highest BCUT2D eigenvalue weighted by Crippen LogP contribution is 2.01. The van der Waals surface area contributed by atoms with E-state index in [4.69, 9.17) is 9.47 Å². The zero-order valence-electron chi connectivity index (χ0n) is 15.2. The average molecular weight is 346 g/mol.